The van der Waals surface area contributed by atoms with Crippen molar-refractivity contribution < 1.29 is 49.4 Å². The van der Waals surface area contributed by atoms with Gasteiger partial charge in [0.15, 0.2) is 17.7 Å². The van der Waals surface area contributed by atoms with Gasteiger partial charge in [-0.25, -0.2) is 4.39 Å². The number of aliphatic hydroxyl groups excluding tert-OH is 1. The van der Waals surface area contributed by atoms with Gasteiger partial charge >= 0.3 is 18.3 Å². The molecule has 0 aromatic heterocycles. The summed E-state index contributed by atoms with van der Waals surface area (Å²) in [5.41, 5.74) is -2.17. The first-order valence-electron chi connectivity index (χ1n) is 9.90. The number of hydrogen-bond donors (Lipinski definition) is 1. The van der Waals surface area contributed by atoms with E-state index in [9.17, 15) is 44.6 Å². The summed E-state index contributed by atoms with van der Waals surface area (Å²) in [7, 11) is 0. The lowest BCUT2D eigenvalue weighted by molar-refractivity contribution is -0.289. The Hall–Kier alpha value is -2.93. The number of alkyl halides is 8. The lowest BCUT2D eigenvalue weighted by Gasteiger charge is -2.30. The molecule has 0 heterocycles. The van der Waals surface area contributed by atoms with Crippen LogP contribution in [0, 0.1) is 5.82 Å². The number of ether oxygens (including phenoxy) is 1. The second-order valence-corrected chi connectivity index (χ2v) is 8.38. The van der Waals surface area contributed by atoms with Gasteiger partial charge in [-0.3, -0.25) is 0 Å². The van der Waals surface area contributed by atoms with Crippen LogP contribution in [0.3, 0.4) is 0 Å². The fourth-order valence-corrected chi connectivity index (χ4v) is 3.41. The summed E-state index contributed by atoms with van der Waals surface area (Å²) in [6.07, 6.45) is -14.1. The molecule has 0 saturated carbocycles. The molecule has 3 aromatic carbocycles. The monoisotopic (exact) mass is 587 g/mol. The molecule has 0 saturated heterocycles. The Balaban J connectivity index is 2.06. The lowest BCUT2D eigenvalue weighted by atomic mass is 10.1. The van der Waals surface area contributed by atoms with Crippen molar-refractivity contribution in [2.75, 3.05) is 11.4 Å². The van der Waals surface area contributed by atoms with Crippen LogP contribution in [0.2, 0.25) is 0 Å². The molecule has 1 unspecified atom stereocenters. The van der Waals surface area contributed by atoms with Crippen LogP contribution in [0.1, 0.15) is 5.56 Å². The number of hydrogen-bond acceptors (Lipinski definition) is 3. The van der Waals surface area contributed by atoms with E-state index >= 15 is 0 Å². The smallest absolute Gasteiger partial charge is 0.454 e. The number of rotatable bonds is 7. The topological polar surface area (TPSA) is 32.7 Å². The summed E-state index contributed by atoms with van der Waals surface area (Å²) in [6, 6.07) is 11.3. The van der Waals surface area contributed by atoms with Crippen molar-refractivity contribution in [3.8, 4) is 11.5 Å². The van der Waals surface area contributed by atoms with Gasteiger partial charge in [0.05, 0.1) is 6.54 Å². The predicted molar refractivity (Wildman–Crippen MR) is 116 cm³/mol. The SMILES string of the molecule is OC(CN(c1cccc(Oc2cc(Br)ccc2F)c1)c1cccc(C(F)(F)C(F)(F)F)c1)C(F)(F)F. The Bertz CT molecular complexity index is 1210. The Kier molecular flexibility index (Phi) is 7.84. The highest BCUT2D eigenvalue weighted by atomic mass is 79.9. The van der Waals surface area contributed by atoms with Gasteiger partial charge in [0.25, 0.3) is 0 Å². The van der Waals surface area contributed by atoms with Crippen LogP contribution in [0.15, 0.2) is 71.2 Å². The molecule has 3 nitrogen and oxygen atoms in total. The summed E-state index contributed by atoms with van der Waals surface area (Å²) < 4.78 is 126. The number of aliphatic hydroxyl groups is 1. The zero-order valence-electron chi connectivity index (χ0n) is 17.7. The van der Waals surface area contributed by atoms with E-state index in [0.29, 0.717) is 21.5 Å². The van der Waals surface area contributed by atoms with E-state index in [-0.39, 0.29) is 17.2 Å². The molecule has 1 N–H and O–H groups in total. The molecule has 36 heavy (non-hydrogen) atoms. The van der Waals surface area contributed by atoms with Crippen LogP contribution >= 0.6 is 15.9 Å². The number of nitrogens with zero attached hydrogens (tertiary/aromatic N) is 1. The zero-order valence-corrected chi connectivity index (χ0v) is 19.3. The molecule has 13 heteroatoms. The van der Waals surface area contributed by atoms with Crippen LogP contribution < -0.4 is 9.64 Å². The van der Waals surface area contributed by atoms with Crippen LogP contribution in [-0.4, -0.2) is 30.1 Å². The fraction of sp³-hybridized carbons (Fsp3) is 0.217. The van der Waals surface area contributed by atoms with Gasteiger partial charge in [-0.2, -0.15) is 35.1 Å². The van der Waals surface area contributed by atoms with Gasteiger partial charge in [-0.15, -0.1) is 0 Å². The maximum absolute atomic E-state index is 14.1. The van der Waals surface area contributed by atoms with Crippen molar-refractivity contribution >= 4 is 27.3 Å². The summed E-state index contributed by atoms with van der Waals surface area (Å²) >= 11 is 3.13. The van der Waals surface area contributed by atoms with E-state index in [1.165, 1.54) is 30.3 Å². The Morgan fingerprint density at radius 1 is 0.833 bits per heavy atom. The minimum Gasteiger partial charge on any atom is -0.454 e. The van der Waals surface area contributed by atoms with Crippen molar-refractivity contribution in [1.29, 1.82) is 0 Å². The first-order chi connectivity index (χ1) is 16.6. The Morgan fingerprint density at radius 3 is 2.06 bits per heavy atom. The lowest BCUT2D eigenvalue weighted by Crippen LogP contribution is -2.39. The van der Waals surface area contributed by atoms with Crippen molar-refractivity contribution in [2.24, 2.45) is 0 Å². The molecule has 3 rings (SSSR count). The maximum atomic E-state index is 14.1. The first-order valence-corrected chi connectivity index (χ1v) is 10.7. The van der Waals surface area contributed by atoms with Gasteiger partial charge < -0.3 is 14.7 Å². The van der Waals surface area contributed by atoms with Gasteiger partial charge in [0, 0.05) is 27.5 Å². The highest BCUT2D eigenvalue weighted by Gasteiger charge is 2.58. The third kappa shape index (κ3) is 6.25. The largest absolute Gasteiger partial charge is 0.458 e. The minimum absolute atomic E-state index is 0.0900. The second kappa shape index (κ2) is 10.2. The summed E-state index contributed by atoms with van der Waals surface area (Å²) in [4.78, 5) is 0.693. The summed E-state index contributed by atoms with van der Waals surface area (Å²) in [6.45, 7) is -1.25. The fourth-order valence-electron chi connectivity index (χ4n) is 3.07. The average molecular weight is 588 g/mol. The highest BCUT2D eigenvalue weighted by molar-refractivity contribution is 9.10. The molecule has 194 valence electrons. The van der Waals surface area contributed by atoms with Gasteiger partial charge in [0.2, 0.25) is 0 Å². The van der Waals surface area contributed by atoms with Gasteiger partial charge in [-0.1, -0.05) is 34.1 Å². The molecule has 1 atom stereocenters. The quantitative estimate of drug-likeness (QED) is 0.283. The standard InChI is InChI=1S/C23H15BrF9NO2/c24-14-7-8-18(25)19(10-14)36-17-6-2-5-16(11-17)34(12-20(35)22(28,29)30)15-4-1-3-13(9-15)21(26,27)23(31,32)33/h1-11,20,35H,12H2. The Labute approximate surface area is 206 Å². The van der Waals surface area contributed by atoms with E-state index in [2.05, 4.69) is 15.9 Å². The second-order valence-electron chi connectivity index (χ2n) is 7.46. The number of benzene rings is 3. The highest BCUT2D eigenvalue weighted by Crippen LogP contribution is 2.45. The minimum atomic E-state index is -5.95. The Morgan fingerprint density at radius 2 is 1.44 bits per heavy atom. The van der Waals surface area contributed by atoms with E-state index < -0.39 is 48.0 Å². The van der Waals surface area contributed by atoms with Crippen LogP contribution in [0.25, 0.3) is 0 Å². The van der Waals surface area contributed by atoms with Crippen molar-refractivity contribution in [2.45, 2.75) is 24.4 Å². The van der Waals surface area contributed by atoms with Crippen molar-refractivity contribution in [3.63, 3.8) is 0 Å². The van der Waals surface area contributed by atoms with E-state index in [1.54, 1.807) is 0 Å². The predicted octanol–water partition coefficient (Wildman–Crippen LogP) is 8.10. The van der Waals surface area contributed by atoms with Crippen LogP contribution in [0.5, 0.6) is 11.5 Å². The molecule has 0 aliphatic rings. The van der Waals surface area contributed by atoms with Gasteiger partial charge in [0.1, 0.15) is 5.75 Å². The third-order valence-corrected chi connectivity index (χ3v) is 5.35. The summed E-state index contributed by atoms with van der Waals surface area (Å²) in [5, 5.41) is 9.63. The van der Waals surface area contributed by atoms with E-state index in [1.807, 2.05) is 0 Å². The van der Waals surface area contributed by atoms with Crippen molar-refractivity contribution in [3.05, 3.63) is 82.6 Å². The molecular formula is C23H15BrF9NO2. The first kappa shape index (κ1) is 27.7. The average Bonchev–Trinajstić information content (AvgIpc) is 2.78. The molecule has 0 fully saturated rings. The normalized spacial score (nSPS) is 13.4. The van der Waals surface area contributed by atoms with E-state index in [0.717, 1.165) is 24.3 Å². The summed E-state index contributed by atoms with van der Waals surface area (Å²) in [5.74, 6) is -6.40. The number of halogens is 10. The maximum Gasteiger partial charge on any atom is 0.458 e. The molecule has 3 aromatic rings. The molecule has 0 bridgehead atoms. The van der Waals surface area contributed by atoms with Crippen LogP contribution in [-0.2, 0) is 5.92 Å². The van der Waals surface area contributed by atoms with Gasteiger partial charge in [-0.05, 0) is 42.5 Å². The molecule has 0 aliphatic carbocycles. The van der Waals surface area contributed by atoms with Crippen molar-refractivity contribution in [1.82, 2.24) is 0 Å². The zero-order chi connectivity index (χ0) is 26.9. The molecular weight excluding hydrogens is 573 g/mol. The van der Waals surface area contributed by atoms with Crippen LogP contribution in [0.4, 0.5) is 50.9 Å². The molecule has 0 aliphatic heterocycles. The third-order valence-electron chi connectivity index (χ3n) is 4.86. The molecule has 0 radical (unpaired) electrons. The van der Waals surface area contributed by atoms with E-state index in [4.69, 9.17) is 4.74 Å². The molecule has 0 spiro atoms. The molecule has 0 amide bonds. The number of anilines is 2.